The van der Waals surface area contributed by atoms with Gasteiger partial charge in [-0.15, -0.1) is 0 Å². The number of nitrogens with zero attached hydrogens (tertiary/aromatic N) is 1. The van der Waals surface area contributed by atoms with E-state index in [9.17, 15) is 4.79 Å². The maximum Gasteiger partial charge on any atom is 0.225 e. The van der Waals surface area contributed by atoms with Crippen molar-refractivity contribution in [3.05, 3.63) is 28.2 Å². The van der Waals surface area contributed by atoms with E-state index in [4.69, 9.17) is 0 Å². The minimum absolute atomic E-state index is 0.0588. The molecule has 0 radical (unpaired) electrons. The fraction of sp³-hybridized carbons (Fsp3) is 0.500. The molecule has 1 amide bonds. The quantitative estimate of drug-likeness (QED) is 0.893. The number of hydrogen-bond donors (Lipinski definition) is 2. The first kappa shape index (κ1) is 14.5. The Balaban J connectivity index is 1.88. The summed E-state index contributed by atoms with van der Waals surface area (Å²) in [6.45, 7) is 4.94. The van der Waals surface area contributed by atoms with Crippen LogP contribution >= 0.6 is 15.9 Å². The third-order valence-corrected chi connectivity index (χ3v) is 4.20. The standard InChI is InChI=1S/C14H20BrN3O/c1-10-3-4-11(7-13(10)15)17-14(19)8-12-9-18(2)6-5-16-12/h3-4,7,12,16H,5-6,8-9H2,1-2H3,(H,17,19). The molecule has 0 aromatic heterocycles. The van der Waals surface area contributed by atoms with Gasteiger partial charge in [0.15, 0.2) is 0 Å². The Morgan fingerprint density at radius 2 is 2.37 bits per heavy atom. The van der Waals surface area contributed by atoms with E-state index in [1.54, 1.807) is 0 Å². The third-order valence-electron chi connectivity index (χ3n) is 3.35. The lowest BCUT2D eigenvalue weighted by Crippen LogP contribution is -2.50. The molecule has 1 aromatic rings. The molecule has 0 bridgehead atoms. The van der Waals surface area contributed by atoms with Crippen LogP contribution in [-0.2, 0) is 4.79 Å². The number of aryl methyl sites for hydroxylation is 1. The molecule has 1 aliphatic heterocycles. The lowest BCUT2D eigenvalue weighted by atomic mass is 10.1. The number of amides is 1. The van der Waals surface area contributed by atoms with Gasteiger partial charge in [0.2, 0.25) is 5.91 Å². The molecule has 0 aliphatic carbocycles. The van der Waals surface area contributed by atoms with E-state index >= 15 is 0 Å². The van der Waals surface area contributed by atoms with Gasteiger partial charge in [-0.1, -0.05) is 22.0 Å². The molecule has 2 N–H and O–H groups in total. The highest BCUT2D eigenvalue weighted by Gasteiger charge is 2.19. The fourth-order valence-electron chi connectivity index (χ4n) is 2.23. The Labute approximate surface area is 122 Å². The molecule has 0 saturated carbocycles. The molecule has 1 fully saturated rings. The Morgan fingerprint density at radius 3 is 3.05 bits per heavy atom. The Hall–Kier alpha value is -0.910. The Morgan fingerprint density at radius 1 is 1.58 bits per heavy atom. The number of hydrogen-bond acceptors (Lipinski definition) is 3. The van der Waals surface area contributed by atoms with Gasteiger partial charge in [0.1, 0.15) is 0 Å². The van der Waals surface area contributed by atoms with Crippen LogP contribution in [0.25, 0.3) is 0 Å². The first-order chi connectivity index (χ1) is 9.04. The zero-order valence-electron chi connectivity index (χ0n) is 11.4. The van der Waals surface area contributed by atoms with Gasteiger partial charge in [0.05, 0.1) is 0 Å². The highest BCUT2D eigenvalue weighted by Crippen LogP contribution is 2.20. The number of carbonyl (C=O) groups excluding carboxylic acids is 1. The Kier molecular flexibility index (Phi) is 4.96. The van der Waals surface area contributed by atoms with Crippen molar-refractivity contribution in [2.24, 2.45) is 0 Å². The van der Waals surface area contributed by atoms with Crippen molar-refractivity contribution >= 4 is 27.5 Å². The van der Waals surface area contributed by atoms with Gasteiger partial charge in [-0.25, -0.2) is 0 Å². The molecule has 4 nitrogen and oxygen atoms in total. The van der Waals surface area contributed by atoms with E-state index < -0.39 is 0 Å². The SMILES string of the molecule is Cc1ccc(NC(=O)CC2CN(C)CCN2)cc1Br. The second-order valence-electron chi connectivity index (χ2n) is 5.13. The van der Waals surface area contributed by atoms with Crippen molar-refractivity contribution in [2.75, 3.05) is 32.0 Å². The molecular formula is C14H20BrN3O. The first-order valence-corrected chi connectivity index (χ1v) is 7.32. The summed E-state index contributed by atoms with van der Waals surface area (Å²) in [4.78, 5) is 14.2. The summed E-state index contributed by atoms with van der Waals surface area (Å²) >= 11 is 3.47. The monoisotopic (exact) mass is 325 g/mol. The predicted molar refractivity (Wildman–Crippen MR) is 81.4 cm³/mol. The average molecular weight is 326 g/mol. The molecule has 1 aliphatic rings. The van der Waals surface area contributed by atoms with E-state index in [0.717, 1.165) is 35.4 Å². The lowest BCUT2D eigenvalue weighted by molar-refractivity contribution is -0.116. The van der Waals surface area contributed by atoms with Gasteiger partial charge < -0.3 is 15.5 Å². The van der Waals surface area contributed by atoms with Crippen LogP contribution in [0.3, 0.4) is 0 Å². The van der Waals surface area contributed by atoms with E-state index in [2.05, 4.69) is 38.5 Å². The maximum absolute atomic E-state index is 12.0. The van der Waals surface area contributed by atoms with Crippen LogP contribution in [-0.4, -0.2) is 43.5 Å². The Bertz CT molecular complexity index is 464. The summed E-state index contributed by atoms with van der Waals surface area (Å²) in [6, 6.07) is 6.10. The van der Waals surface area contributed by atoms with Crippen LogP contribution in [0.2, 0.25) is 0 Å². The smallest absolute Gasteiger partial charge is 0.225 e. The molecule has 19 heavy (non-hydrogen) atoms. The average Bonchev–Trinajstić information content (AvgIpc) is 2.34. The van der Waals surface area contributed by atoms with Gasteiger partial charge in [-0.3, -0.25) is 4.79 Å². The summed E-state index contributed by atoms with van der Waals surface area (Å²) in [7, 11) is 2.09. The molecule has 1 aromatic carbocycles. The van der Waals surface area contributed by atoms with Gasteiger partial charge in [-0.2, -0.15) is 0 Å². The van der Waals surface area contributed by atoms with E-state index in [1.165, 1.54) is 0 Å². The summed E-state index contributed by atoms with van der Waals surface area (Å²) in [6.07, 6.45) is 0.510. The second kappa shape index (κ2) is 6.50. The number of carbonyl (C=O) groups is 1. The van der Waals surface area contributed by atoms with Crippen LogP contribution in [0.5, 0.6) is 0 Å². The highest BCUT2D eigenvalue weighted by atomic mass is 79.9. The molecular weight excluding hydrogens is 306 g/mol. The number of rotatable bonds is 3. The zero-order chi connectivity index (χ0) is 13.8. The first-order valence-electron chi connectivity index (χ1n) is 6.52. The van der Waals surface area contributed by atoms with Crippen molar-refractivity contribution in [1.29, 1.82) is 0 Å². The minimum Gasteiger partial charge on any atom is -0.326 e. The summed E-state index contributed by atoms with van der Waals surface area (Å²) in [5, 5.41) is 6.32. The predicted octanol–water partition coefficient (Wildman–Crippen LogP) is 1.99. The van der Waals surface area contributed by atoms with Gasteiger partial charge in [0.25, 0.3) is 0 Å². The van der Waals surface area contributed by atoms with Gasteiger partial charge >= 0.3 is 0 Å². The number of nitrogens with one attached hydrogen (secondary N) is 2. The molecule has 1 saturated heterocycles. The fourth-order valence-corrected chi connectivity index (χ4v) is 2.61. The van der Waals surface area contributed by atoms with Gasteiger partial charge in [-0.05, 0) is 31.7 Å². The zero-order valence-corrected chi connectivity index (χ0v) is 13.0. The van der Waals surface area contributed by atoms with Crippen molar-refractivity contribution in [3.63, 3.8) is 0 Å². The van der Waals surface area contributed by atoms with E-state index in [-0.39, 0.29) is 11.9 Å². The van der Waals surface area contributed by atoms with Crippen LogP contribution in [0, 0.1) is 6.92 Å². The van der Waals surface area contributed by atoms with Crippen molar-refractivity contribution < 1.29 is 4.79 Å². The summed E-state index contributed by atoms with van der Waals surface area (Å²) in [5.74, 6) is 0.0588. The summed E-state index contributed by atoms with van der Waals surface area (Å²) in [5.41, 5.74) is 2.00. The third kappa shape index (κ3) is 4.30. The van der Waals surface area contributed by atoms with Crippen molar-refractivity contribution in [3.8, 4) is 0 Å². The van der Waals surface area contributed by atoms with E-state index in [1.807, 2.05) is 25.1 Å². The molecule has 104 valence electrons. The van der Waals surface area contributed by atoms with Crippen LogP contribution < -0.4 is 10.6 Å². The van der Waals surface area contributed by atoms with Crippen molar-refractivity contribution in [1.82, 2.24) is 10.2 Å². The molecule has 1 unspecified atom stereocenters. The second-order valence-corrected chi connectivity index (χ2v) is 5.98. The minimum atomic E-state index is 0.0588. The van der Waals surface area contributed by atoms with Gasteiger partial charge in [0, 0.05) is 42.3 Å². The molecule has 2 rings (SSSR count). The van der Waals surface area contributed by atoms with E-state index in [0.29, 0.717) is 6.42 Å². The number of benzene rings is 1. The summed E-state index contributed by atoms with van der Waals surface area (Å²) < 4.78 is 1.01. The number of halogens is 1. The van der Waals surface area contributed by atoms with Crippen molar-refractivity contribution in [2.45, 2.75) is 19.4 Å². The largest absolute Gasteiger partial charge is 0.326 e. The number of likely N-dealkylation sites (N-methyl/N-ethyl adjacent to an activating group) is 1. The van der Waals surface area contributed by atoms with Crippen LogP contribution in [0.15, 0.2) is 22.7 Å². The van der Waals surface area contributed by atoms with Crippen LogP contribution in [0.1, 0.15) is 12.0 Å². The maximum atomic E-state index is 12.0. The normalized spacial score (nSPS) is 20.3. The number of anilines is 1. The highest BCUT2D eigenvalue weighted by molar-refractivity contribution is 9.10. The topological polar surface area (TPSA) is 44.4 Å². The lowest BCUT2D eigenvalue weighted by Gasteiger charge is -2.30. The molecule has 0 spiro atoms. The van der Waals surface area contributed by atoms with Crippen LogP contribution in [0.4, 0.5) is 5.69 Å². The molecule has 5 heteroatoms. The molecule has 1 heterocycles. The number of piperazine rings is 1. The molecule has 1 atom stereocenters.